The van der Waals surface area contributed by atoms with E-state index in [1.807, 2.05) is 31.2 Å². The molecule has 0 spiro atoms. The molecule has 0 aliphatic carbocycles. The lowest BCUT2D eigenvalue weighted by atomic mass is 10.1. The maximum atomic E-state index is 12.5. The summed E-state index contributed by atoms with van der Waals surface area (Å²) in [6.45, 7) is 2.49. The largest absolute Gasteiger partial charge is 0.496 e. The third-order valence-corrected chi connectivity index (χ3v) is 4.33. The number of hydrogen-bond acceptors (Lipinski definition) is 7. The van der Waals surface area contributed by atoms with E-state index in [0.717, 1.165) is 11.3 Å². The first-order valence-electron chi connectivity index (χ1n) is 9.36. The number of carbonyl (C=O) groups is 2. The van der Waals surface area contributed by atoms with Gasteiger partial charge in [-0.25, -0.2) is 4.79 Å². The molecule has 1 amide bonds. The average Bonchev–Trinajstić information content (AvgIpc) is 2.77. The van der Waals surface area contributed by atoms with Crippen LogP contribution in [0, 0.1) is 0 Å². The normalized spacial score (nSPS) is 10.2. The smallest absolute Gasteiger partial charge is 0.342 e. The first-order chi connectivity index (χ1) is 14.4. The van der Waals surface area contributed by atoms with E-state index in [2.05, 4.69) is 0 Å². The average molecular weight is 417 g/mol. The zero-order valence-corrected chi connectivity index (χ0v) is 17.9. The first-order valence-corrected chi connectivity index (χ1v) is 9.36. The van der Waals surface area contributed by atoms with Crippen molar-refractivity contribution >= 4 is 11.9 Å². The van der Waals surface area contributed by atoms with Crippen LogP contribution in [0.25, 0.3) is 0 Å². The Bertz CT molecular complexity index is 865. The number of methoxy groups -OCH3 is 3. The van der Waals surface area contributed by atoms with E-state index in [1.165, 1.54) is 38.4 Å². The Morgan fingerprint density at radius 2 is 1.50 bits per heavy atom. The summed E-state index contributed by atoms with van der Waals surface area (Å²) in [5.74, 6) is 0.759. The van der Waals surface area contributed by atoms with Crippen LogP contribution in [0.4, 0.5) is 0 Å². The number of nitrogens with zero attached hydrogens (tertiary/aromatic N) is 1. The monoisotopic (exact) mass is 417 g/mol. The minimum absolute atomic E-state index is 0.136. The van der Waals surface area contributed by atoms with Crippen molar-refractivity contribution < 1.29 is 33.3 Å². The minimum Gasteiger partial charge on any atom is -0.496 e. The summed E-state index contributed by atoms with van der Waals surface area (Å²) in [6, 6.07) is 10.4. The number of rotatable bonds is 10. The van der Waals surface area contributed by atoms with Gasteiger partial charge in [-0.05, 0) is 24.6 Å². The van der Waals surface area contributed by atoms with Crippen LogP contribution in [0.3, 0.4) is 0 Å². The van der Waals surface area contributed by atoms with Gasteiger partial charge in [0.15, 0.2) is 18.1 Å². The molecule has 0 aliphatic rings. The molecule has 0 atom stereocenters. The third-order valence-electron chi connectivity index (χ3n) is 4.33. The molecular weight excluding hydrogens is 390 g/mol. The van der Waals surface area contributed by atoms with Gasteiger partial charge in [-0.3, -0.25) is 4.79 Å². The van der Waals surface area contributed by atoms with Crippen LogP contribution in [0.1, 0.15) is 22.8 Å². The molecule has 0 aromatic heterocycles. The molecular formula is C22H27NO7. The Morgan fingerprint density at radius 1 is 0.900 bits per heavy atom. The summed E-state index contributed by atoms with van der Waals surface area (Å²) in [7, 11) is 6.00. The Kier molecular flexibility index (Phi) is 8.34. The Balaban J connectivity index is 1.98. The van der Waals surface area contributed by atoms with Gasteiger partial charge < -0.3 is 28.6 Å². The lowest BCUT2D eigenvalue weighted by Gasteiger charge is -2.18. The van der Waals surface area contributed by atoms with E-state index in [9.17, 15) is 9.59 Å². The van der Waals surface area contributed by atoms with Gasteiger partial charge in [0, 0.05) is 25.7 Å². The molecule has 0 aliphatic heterocycles. The number of esters is 1. The lowest BCUT2D eigenvalue weighted by Crippen LogP contribution is -2.30. The molecule has 0 N–H and O–H groups in total. The zero-order valence-electron chi connectivity index (χ0n) is 17.9. The number of carbonyl (C=O) groups excluding carboxylic acids is 2. The van der Waals surface area contributed by atoms with Crippen LogP contribution >= 0.6 is 0 Å². The highest BCUT2D eigenvalue weighted by Crippen LogP contribution is 2.34. The summed E-state index contributed by atoms with van der Waals surface area (Å²) in [5.41, 5.74) is 1.07. The molecule has 8 heteroatoms. The number of likely N-dealkylation sites (N-methyl/N-ethyl adjacent to an activating group) is 1. The predicted octanol–water partition coefficient (Wildman–Crippen LogP) is 2.93. The fourth-order valence-corrected chi connectivity index (χ4v) is 2.72. The van der Waals surface area contributed by atoms with Crippen molar-refractivity contribution in [1.82, 2.24) is 4.90 Å². The van der Waals surface area contributed by atoms with Crippen LogP contribution in [-0.4, -0.2) is 58.4 Å². The zero-order chi connectivity index (χ0) is 22.1. The molecule has 2 aromatic rings. The highest BCUT2D eigenvalue weighted by atomic mass is 16.5. The van der Waals surface area contributed by atoms with E-state index in [-0.39, 0.29) is 17.2 Å². The second kappa shape index (κ2) is 10.9. The fraction of sp³-hybridized carbons (Fsp3) is 0.364. The topological polar surface area (TPSA) is 83.5 Å². The number of amides is 1. The quantitative estimate of drug-likeness (QED) is 0.550. The van der Waals surface area contributed by atoms with E-state index >= 15 is 0 Å². The highest BCUT2D eigenvalue weighted by molar-refractivity contribution is 5.95. The van der Waals surface area contributed by atoms with Gasteiger partial charge in [0.2, 0.25) is 0 Å². The van der Waals surface area contributed by atoms with Gasteiger partial charge in [0.25, 0.3) is 5.91 Å². The van der Waals surface area contributed by atoms with Crippen LogP contribution in [0.5, 0.6) is 23.0 Å². The van der Waals surface area contributed by atoms with Crippen LogP contribution in [0.15, 0.2) is 36.4 Å². The van der Waals surface area contributed by atoms with Gasteiger partial charge in [-0.1, -0.05) is 12.1 Å². The van der Waals surface area contributed by atoms with E-state index in [4.69, 9.17) is 23.7 Å². The summed E-state index contributed by atoms with van der Waals surface area (Å²) >= 11 is 0. The fourth-order valence-electron chi connectivity index (χ4n) is 2.72. The molecule has 8 nitrogen and oxygen atoms in total. The molecule has 0 fully saturated rings. The molecule has 0 bridgehead atoms. The molecule has 2 rings (SSSR count). The van der Waals surface area contributed by atoms with Crippen molar-refractivity contribution in [2.24, 2.45) is 0 Å². The molecule has 0 saturated heterocycles. The van der Waals surface area contributed by atoms with Crippen LogP contribution < -0.4 is 18.9 Å². The predicted molar refractivity (Wildman–Crippen MR) is 110 cm³/mol. The van der Waals surface area contributed by atoms with E-state index in [1.54, 1.807) is 7.05 Å². The van der Waals surface area contributed by atoms with Crippen molar-refractivity contribution in [1.29, 1.82) is 0 Å². The van der Waals surface area contributed by atoms with Crippen molar-refractivity contribution in [2.45, 2.75) is 13.5 Å². The highest BCUT2D eigenvalue weighted by Gasteiger charge is 2.20. The van der Waals surface area contributed by atoms with Gasteiger partial charge in [0.05, 0.1) is 27.9 Å². The number of hydrogen-bond donors (Lipinski definition) is 0. The number of ether oxygens (including phenoxy) is 5. The van der Waals surface area contributed by atoms with Crippen molar-refractivity contribution in [3.63, 3.8) is 0 Å². The minimum atomic E-state index is -0.698. The Labute approximate surface area is 176 Å². The van der Waals surface area contributed by atoms with Crippen molar-refractivity contribution in [2.75, 3.05) is 41.6 Å². The summed E-state index contributed by atoms with van der Waals surface area (Å²) in [4.78, 5) is 26.4. The first kappa shape index (κ1) is 22.9. The molecule has 0 heterocycles. The molecule has 2 aromatic carbocycles. The van der Waals surface area contributed by atoms with Crippen LogP contribution in [-0.2, 0) is 16.1 Å². The standard InChI is InChI=1S/C22H27NO7/c1-6-29-16-9-7-15(8-10-16)13-23(2)21(24)14-30-22(25)17-11-19(27-4)20(28-5)12-18(17)26-3/h7-12H,6,13-14H2,1-5H3. The van der Waals surface area contributed by atoms with Gasteiger partial charge in [0.1, 0.15) is 17.1 Å². The summed E-state index contributed by atoms with van der Waals surface area (Å²) < 4.78 is 26.2. The lowest BCUT2D eigenvalue weighted by molar-refractivity contribution is -0.133. The summed E-state index contributed by atoms with van der Waals surface area (Å²) in [5, 5.41) is 0. The van der Waals surface area contributed by atoms with Crippen LogP contribution in [0.2, 0.25) is 0 Å². The molecule has 0 unspecified atom stereocenters. The maximum Gasteiger partial charge on any atom is 0.342 e. The molecule has 30 heavy (non-hydrogen) atoms. The molecule has 162 valence electrons. The van der Waals surface area contributed by atoms with Crippen molar-refractivity contribution in [3.05, 3.63) is 47.5 Å². The van der Waals surface area contributed by atoms with Crippen molar-refractivity contribution in [3.8, 4) is 23.0 Å². The van der Waals surface area contributed by atoms with Gasteiger partial charge in [-0.15, -0.1) is 0 Å². The van der Waals surface area contributed by atoms with Gasteiger partial charge >= 0.3 is 5.97 Å². The second-order valence-electron chi connectivity index (χ2n) is 6.31. The third kappa shape index (κ3) is 5.79. The molecule has 0 saturated carbocycles. The van der Waals surface area contributed by atoms with Gasteiger partial charge in [-0.2, -0.15) is 0 Å². The molecule has 0 radical (unpaired) electrons. The van der Waals surface area contributed by atoms with E-state index < -0.39 is 12.6 Å². The van der Waals surface area contributed by atoms with E-state index in [0.29, 0.717) is 24.7 Å². The Morgan fingerprint density at radius 3 is 2.07 bits per heavy atom. The summed E-state index contributed by atoms with van der Waals surface area (Å²) in [6.07, 6.45) is 0. The second-order valence-corrected chi connectivity index (χ2v) is 6.31. The maximum absolute atomic E-state index is 12.5. The Hall–Kier alpha value is -3.42. The SMILES string of the molecule is CCOc1ccc(CN(C)C(=O)COC(=O)c2cc(OC)c(OC)cc2OC)cc1. The number of benzene rings is 2.